The van der Waals surface area contributed by atoms with E-state index in [0.717, 1.165) is 11.3 Å². The van der Waals surface area contributed by atoms with Gasteiger partial charge in [-0.2, -0.15) is 0 Å². The Bertz CT molecular complexity index is 600. The predicted octanol–water partition coefficient (Wildman–Crippen LogP) is 3.17. The van der Waals surface area contributed by atoms with Gasteiger partial charge in [-0.05, 0) is 48.0 Å². The van der Waals surface area contributed by atoms with Crippen molar-refractivity contribution in [1.82, 2.24) is 0 Å². The van der Waals surface area contributed by atoms with Gasteiger partial charge in [-0.15, -0.1) is 0 Å². The molecule has 0 aliphatic rings. The van der Waals surface area contributed by atoms with Crippen molar-refractivity contribution in [3.63, 3.8) is 0 Å². The van der Waals surface area contributed by atoms with Crippen LogP contribution in [0.2, 0.25) is 0 Å². The minimum absolute atomic E-state index is 0.0640. The molecule has 2 N–H and O–H groups in total. The summed E-state index contributed by atoms with van der Waals surface area (Å²) in [4.78, 5) is 12.0. The number of nitrogen functional groups attached to an aromatic ring is 1. The zero-order valence-electron chi connectivity index (χ0n) is 10.7. The van der Waals surface area contributed by atoms with E-state index in [0.29, 0.717) is 11.3 Å². The molecule has 0 saturated carbocycles. The van der Waals surface area contributed by atoms with E-state index in [9.17, 15) is 4.79 Å². The Hall–Kier alpha value is -2.55. The lowest BCUT2D eigenvalue weighted by atomic mass is 10.1. The largest absolute Gasteiger partial charge is 0.497 e. The van der Waals surface area contributed by atoms with Gasteiger partial charge in [0.25, 0.3) is 0 Å². The van der Waals surface area contributed by atoms with Gasteiger partial charge >= 0.3 is 0 Å². The summed E-state index contributed by atoms with van der Waals surface area (Å²) in [5, 5.41) is 0. The molecule has 3 heteroatoms. The molecule has 0 heterocycles. The Balaban J connectivity index is 2.14. The average molecular weight is 253 g/mol. The lowest BCUT2D eigenvalue weighted by molar-refractivity contribution is 0.104. The molecule has 0 unspecified atom stereocenters. The van der Waals surface area contributed by atoms with Gasteiger partial charge < -0.3 is 10.5 Å². The molecule has 0 fully saturated rings. The molecule has 96 valence electrons. The van der Waals surface area contributed by atoms with Gasteiger partial charge in [0, 0.05) is 11.3 Å². The van der Waals surface area contributed by atoms with Crippen LogP contribution in [0.3, 0.4) is 0 Å². The van der Waals surface area contributed by atoms with Gasteiger partial charge in [-0.1, -0.05) is 18.2 Å². The highest BCUT2D eigenvalue weighted by molar-refractivity contribution is 6.07. The van der Waals surface area contributed by atoms with E-state index in [1.54, 1.807) is 43.5 Å². The molecule has 0 aromatic heterocycles. The fourth-order valence-corrected chi connectivity index (χ4v) is 1.68. The van der Waals surface area contributed by atoms with Gasteiger partial charge in [0.2, 0.25) is 0 Å². The van der Waals surface area contributed by atoms with Gasteiger partial charge in [-0.3, -0.25) is 4.79 Å². The number of benzene rings is 2. The van der Waals surface area contributed by atoms with Crippen LogP contribution in [0.5, 0.6) is 5.75 Å². The first-order valence-electron chi connectivity index (χ1n) is 5.91. The van der Waals surface area contributed by atoms with Crippen molar-refractivity contribution in [2.75, 3.05) is 12.8 Å². The minimum Gasteiger partial charge on any atom is -0.497 e. The first-order valence-corrected chi connectivity index (χ1v) is 5.91. The predicted molar refractivity (Wildman–Crippen MR) is 77.2 cm³/mol. The van der Waals surface area contributed by atoms with Crippen molar-refractivity contribution in [2.45, 2.75) is 0 Å². The van der Waals surface area contributed by atoms with Crippen LogP contribution in [0, 0.1) is 0 Å². The number of carbonyl (C=O) groups excluding carboxylic acids is 1. The van der Waals surface area contributed by atoms with E-state index in [-0.39, 0.29) is 5.78 Å². The summed E-state index contributed by atoms with van der Waals surface area (Å²) in [7, 11) is 1.59. The quantitative estimate of drug-likeness (QED) is 0.517. The smallest absolute Gasteiger partial charge is 0.185 e. The number of methoxy groups -OCH3 is 1. The number of ketones is 1. The average Bonchev–Trinajstić information content (AvgIpc) is 2.46. The van der Waals surface area contributed by atoms with E-state index in [1.165, 1.54) is 6.08 Å². The van der Waals surface area contributed by atoms with Crippen LogP contribution in [0.25, 0.3) is 6.08 Å². The van der Waals surface area contributed by atoms with Crippen LogP contribution in [0.4, 0.5) is 5.69 Å². The van der Waals surface area contributed by atoms with Crippen LogP contribution < -0.4 is 10.5 Å². The second kappa shape index (κ2) is 5.87. The number of rotatable bonds is 4. The number of ether oxygens (including phenoxy) is 1. The lowest BCUT2D eigenvalue weighted by Gasteiger charge is -2.01. The van der Waals surface area contributed by atoms with Gasteiger partial charge in [0.05, 0.1) is 7.11 Å². The Morgan fingerprint density at radius 2 is 1.79 bits per heavy atom. The van der Waals surface area contributed by atoms with Crippen LogP contribution in [-0.2, 0) is 0 Å². The molecule has 0 aliphatic carbocycles. The van der Waals surface area contributed by atoms with Crippen molar-refractivity contribution < 1.29 is 9.53 Å². The van der Waals surface area contributed by atoms with E-state index < -0.39 is 0 Å². The first kappa shape index (κ1) is 12.9. The standard InChI is InChI=1S/C16H15NO2/c1-19-14-9-6-13(7-10-14)16(18)11-8-12-4-2-3-5-15(12)17/h2-11H,17H2,1H3/b11-8+. The molecule has 2 aromatic carbocycles. The highest BCUT2D eigenvalue weighted by Crippen LogP contribution is 2.15. The molecule has 3 nitrogen and oxygen atoms in total. The number of para-hydroxylation sites is 1. The van der Waals surface area contributed by atoms with E-state index >= 15 is 0 Å². The highest BCUT2D eigenvalue weighted by atomic mass is 16.5. The Kier molecular flexibility index (Phi) is 3.98. The third-order valence-electron chi connectivity index (χ3n) is 2.78. The molecular formula is C16H15NO2. The monoisotopic (exact) mass is 253 g/mol. The summed E-state index contributed by atoms with van der Waals surface area (Å²) in [5.74, 6) is 0.665. The summed E-state index contributed by atoms with van der Waals surface area (Å²) < 4.78 is 5.05. The van der Waals surface area contributed by atoms with Crippen molar-refractivity contribution >= 4 is 17.5 Å². The van der Waals surface area contributed by atoms with Crippen LogP contribution in [-0.4, -0.2) is 12.9 Å². The fourth-order valence-electron chi connectivity index (χ4n) is 1.68. The molecule has 0 atom stereocenters. The van der Waals surface area contributed by atoms with Crippen LogP contribution in [0.15, 0.2) is 54.6 Å². The van der Waals surface area contributed by atoms with E-state index in [1.807, 2.05) is 18.2 Å². The third-order valence-corrected chi connectivity index (χ3v) is 2.78. The SMILES string of the molecule is COc1ccc(C(=O)/C=C/c2ccccc2N)cc1. The number of carbonyl (C=O) groups is 1. The second-order valence-electron chi connectivity index (χ2n) is 4.06. The molecule has 2 aromatic rings. The van der Waals surface area contributed by atoms with Gasteiger partial charge in [0.1, 0.15) is 5.75 Å². The summed E-state index contributed by atoms with van der Waals surface area (Å²) >= 11 is 0. The summed E-state index contributed by atoms with van der Waals surface area (Å²) in [5.41, 5.74) is 7.91. The maximum atomic E-state index is 12.0. The molecule has 2 rings (SSSR count). The lowest BCUT2D eigenvalue weighted by Crippen LogP contribution is -1.95. The van der Waals surface area contributed by atoms with Gasteiger partial charge in [-0.25, -0.2) is 0 Å². The minimum atomic E-state index is -0.0640. The second-order valence-corrected chi connectivity index (χ2v) is 4.06. The van der Waals surface area contributed by atoms with Crippen molar-refractivity contribution in [3.05, 3.63) is 65.7 Å². The maximum absolute atomic E-state index is 12.0. The highest BCUT2D eigenvalue weighted by Gasteiger charge is 2.02. The third kappa shape index (κ3) is 3.22. The molecule has 19 heavy (non-hydrogen) atoms. The number of nitrogens with two attached hydrogens (primary N) is 1. The van der Waals surface area contributed by atoms with E-state index in [2.05, 4.69) is 0 Å². The normalized spacial score (nSPS) is 10.6. The molecule has 0 bridgehead atoms. The topological polar surface area (TPSA) is 52.3 Å². The summed E-state index contributed by atoms with van der Waals surface area (Å²) in [6.45, 7) is 0. The molecule has 0 radical (unpaired) electrons. The molecular weight excluding hydrogens is 238 g/mol. The summed E-state index contributed by atoms with van der Waals surface area (Å²) in [6.07, 6.45) is 3.25. The maximum Gasteiger partial charge on any atom is 0.185 e. The molecule has 0 amide bonds. The Morgan fingerprint density at radius 1 is 1.11 bits per heavy atom. The van der Waals surface area contributed by atoms with E-state index in [4.69, 9.17) is 10.5 Å². The van der Waals surface area contributed by atoms with Crippen LogP contribution >= 0.6 is 0 Å². The Labute approximate surface area is 112 Å². The zero-order valence-corrected chi connectivity index (χ0v) is 10.7. The zero-order chi connectivity index (χ0) is 13.7. The van der Waals surface area contributed by atoms with Gasteiger partial charge in [0.15, 0.2) is 5.78 Å². The molecule has 0 spiro atoms. The Morgan fingerprint density at radius 3 is 2.42 bits per heavy atom. The summed E-state index contributed by atoms with van der Waals surface area (Å²) in [6, 6.07) is 14.4. The van der Waals surface area contributed by atoms with Crippen molar-refractivity contribution in [1.29, 1.82) is 0 Å². The van der Waals surface area contributed by atoms with Crippen molar-refractivity contribution in [3.8, 4) is 5.75 Å². The number of hydrogen-bond donors (Lipinski definition) is 1. The van der Waals surface area contributed by atoms with Crippen molar-refractivity contribution in [2.24, 2.45) is 0 Å². The first-order chi connectivity index (χ1) is 9.20. The number of hydrogen-bond acceptors (Lipinski definition) is 3. The molecule has 0 saturated heterocycles. The van der Waals surface area contributed by atoms with Crippen LogP contribution in [0.1, 0.15) is 15.9 Å². The molecule has 0 aliphatic heterocycles. The number of allylic oxidation sites excluding steroid dienone is 1. The number of anilines is 1. The fraction of sp³-hybridized carbons (Fsp3) is 0.0625.